The lowest BCUT2D eigenvalue weighted by molar-refractivity contribution is 0.0311. The second kappa shape index (κ2) is 4.65. The molecule has 0 radical (unpaired) electrons. The Hall–Kier alpha value is -1.49. The molecule has 0 aromatic carbocycles. The van der Waals surface area contributed by atoms with Crippen LogP contribution in [0.3, 0.4) is 0 Å². The fourth-order valence-electron chi connectivity index (χ4n) is 2.13. The number of carbonyl (C=O) groups excluding carboxylic acids is 1. The Kier molecular flexibility index (Phi) is 3.34. The van der Waals surface area contributed by atoms with E-state index in [-0.39, 0.29) is 11.4 Å². The monoisotopic (exact) mass is 251 g/mol. The van der Waals surface area contributed by atoms with Crippen LogP contribution >= 0.6 is 0 Å². The number of halogens is 1. The van der Waals surface area contributed by atoms with E-state index in [1.54, 1.807) is 11.0 Å². The van der Waals surface area contributed by atoms with Crippen LogP contribution in [0, 0.1) is 5.95 Å². The first-order valence-corrected chi connectivity index (χ1v) is 6.02. The molecule has 18 heavy (non-hydrogen) atoms. The summed E-state index contributed by atoms with van der Waals surface area (Å²) in [6.07, 6.45) is 1.32. The van der Waals surface area contributed by atoms with Crippen LogP contribution in [0.25, 0.3) is 0 Å². The molecule has 0 aliphatic carbocycles. The maximum atomic E-state index is 13.0. The highest BCUT2D eigenvalue weighted by atomic mass is 19.1. The van der Waals surface area contributed by atoms with Gasteiger partial charge in [0.2, 0.25) is 5.95 Å². The fourth-order valence-corrected chi connectivity index (χ4v) is 2.13. The van der Waals surface area contributed by atoms with Gasteiger partial charge in [0, 0.05) is 43.0 Å². The van der Waals surface area contributed by atoms with E-state index in [1.807, 2.05) is 7.05 Å². The predicted molar refractivity (Wildman–Crippen MR) is 66.8 cm³/mol. The molecule has 1 aliphatic heterocycles. The van der Waals surface area contributed by atoms with Gasteiger partial charge in [-0.3, -0.25) is 9.69 Å². The molecule has 1 fully saturated rings. The Morgan fingerprint density at radius 1 is 1.44 bits per heavy atom. The third-order valence-corrected chi connectivity index (χ3v) is 3.58. The third kappa shape index (κ3) is 2.51. The van der Waals surface area contributed by atoms with Gasteiger partial charge in [0.05, 0.1) is 0 Å². The van der Waals surface area contributed by atoms with Gasteiger partial charge in [-0.2, -0.15) is 4.39 Å². The zero-order valence-electron chi connectivity index (χ0n) is 11.0. The number of likely N-dealkylation sites (N-methyl/N-ethyl adjacent to an activating group) is 1. The highest BCUT2D eigenvalue weighted by Gasteiger charge is 2.33. The van der Waals surface area contributed by atoms with Crippen molar-refractivity contribution in [3.05, 3.63) is 29.8 Å². The molecule has 2 rings (SSSR count). The van der Waals surface area contributed by atoms with Crippen molar-refractivity contribution in [3.8, 4) is 0 Å². The number of hydrogen-bond acceptors (Lipinski definition) is 3. The largest absolute Gasteiger partial charge is 0.336 e. The molecule has 1 amide bonds. The molecule has 1 saturated heterocycles. The number of piperazine rings is 1. The van der Waals surface area contributed by atoms with E-state index in [0.29, 0.717) is 18.7 Å². The summed E-state index contributed by atoms with van der Waals surface area (Å²) in [5.41, 5.74) is 0.308. The number of carbonyl (C=O) groups is 1. The first-order valence-electron chi connectivity index (χ1n) is 6.02. The van der Waals surface area contributed by atoms with Gasteiger partial charge in [-0.25, -0.2) is 4.98 Å². The van der Waals surface area contributed by atoms with Crippen molar-refractivity contribution in [3.63, 3.8) is 0 Å². The smallest absolute Gasteiger partial charge is 0.254 e. The Bertz CT molecular complexity index is 461. The molecule has 1 aromatic heterocycles. The number of hydrogen-bond donors (Lipinski definition) is 0. The van der Waals surface area contributed by atoms with Crippen molar-refractivity contribution in [2.75, 3.05) is 26.7 Å². The standard InChI is InChI=1S/C13H18FN3O/c1-13(2)9-17(7-6-16(13)3)12(18)10-4-5-15-11(14)8-10/h4-5,8H,6-7,9H2,1-3H3. The molecule has 4 nitrogen and oxygen atoms in total. The van der Waals surface area contributed by atoms with Gasteiger partial charge in [-0.1, -0.05) is 0 Å². The van der Waals surface area contributed by atoms with Crippen molar-refractivity contribution in [1.82, 2.24) is 14.8 Å². The van der Waals surface area contributed by atoms with Gasteiger partial charge < -0.3 is 4.90 Å². The average molecular weight is 251 g/mol. The number of nitrogens with zero attached hydrogens (tertiary/aromatic N) is 3. The van der Waals surface area contributed by atoms with Gasteiger partial charge in [-0.05, 0) is 27.0 Å². The normalized spacial score (nSPS) is 19.9. The number of pyridine rings is 1. The summed E-state index contributed by atoms with van der Waals surface area (Å²) in [6, 6.07) is 2.74. The molecular weight excluding hydrogens is 233 g/mol. The van der Waals surface area contributed by atoms with E-state index in [4.69, 9.17) is 0 Å². The second-order valence-corrected chi connectivity index (χ2v) is 5.33. The Labute approximate surface area is 106 Å². The van der Waals surface area contributed by atoms with E-state index in [0.717, 1.165) is 6.54 Å². The average Bonchev–Trinajstić information content (AvgIpc) is 2.31. The lowest BCUT2D eigenvalue weighted by Gasteiger charge is -2.45. The van der Waals surface area contributed by atoms with E-state index in [2.05, 4.69) is 23.7 Å². The van der Waals surface area contributed by atoms with Gasteiger partial charge in [0.1, 0.15) is 0 Å². The maximum absolute atomic E-state index is 13.0. The molecular formula is C13H18FN3O. The summed E-state index contributed by atoms with van der Waals surface area (Å²) < 4.78 is 13.0. The third-order valence-electron chi connectivity index (χ3n) is 3.58. The lowest BCUT2D eigenvalue weighted by atomic mass is 9.99. The van der Waals surface area contributed by atoms with Gasteiger partial charge in [-0.15, -0.1) is 0 Å². The number of amides is 1. The molecule has 0 saturated carbocycles. The van der Waals surface area contributed by atoms with Crippen LogP contribution in [0.1, 0.15) is 24.2 Å². The van der Waals surface area contributed by atoms with Gasteiger partial charge in [0.15, 0.2) is 0 Å². The topological polar surface area (TPSA) is 36.4 Å². The zero-order chi connectivity index (χ0) is 13.3. The van der Waals surface area contributed by atoms with Crippen LogP contribution in [-0.4, -0.2) is 52.9 Å². The minimum absolute atomic E-state index is 0.0561. The predicted octanol–water partition coefficient (Wildman–Crippen LogP) is 1.39. The van der Waals surface area contributed by atoms with Crippen molar-refractivity contribution < 1.29 is 9.18 Å². The van der Waals surface area contributed by atoms with Crippen LogP contribution in [0.15, 0.2) is 18.3 Å². The second-order valence-electron chi connectivity index (χ2n) is 5.33. The highest BCUT2D eigenvalue weighted by molar-refractivity contribution is 5.94. The Balaban J connectivity index is 2.15. The summed E-state index contributed by atoms with van der Waals surface area (Å²) in [7, 11) is 2.05. The van der Waals surface area contributed by atoms with Crippen LogP contribution in [-0.2, 0) is 0 Å². The summed E-state index contributed by atoms with van der Waals surface area (Å²) in [4.78, 5) is 19.7. The SMILES string of the molecule is CN1CCN(C(=O)c2ccnc(F)c2)CC1(C)C. The number of rotatable bonds is 1. The molecule has 0 spiro atoms. The molecule has 5 heteroatoms. The molecule has 0 N–H and O–H groups in total. The molecule has 2 heterocycles. The van der Waals surface area contributed by atoms with Gasteiger partial charge in [0.25, 0.3) is 5.91 Å². The number of aromatic nitrogens is 1. The van der Waals surface area contributed by atoms with Crippen LogP contribution in [0.2, 0.25) is 0 Å². The van der Waals surface area contributed by atoms with Crippen molar-refractivity contribution in [2.24, 2.45) is 0 Å². The molecule has 0 bridgehead atoms. The van der Waals surface area contributed by atoms with E-state index in [1.165, 1.54) is 12.3 Å². The van der Waals surface area contributed by atoms with E-state index >= 15 is 0 Å². The zero-order valence-corrected chi connectivity index (χ0v) is 11.0. The molecule has 98 valence electrons. The van der Waals surface area contributed by atoms with Crippen molar-refractivity contribution in [1.29, 1.82) is 0 Å². The molecule has 0 unspecified atom stereocenters. The highest BCUT2D eigenvalue weighted by Crippen LogP contribution is 2.20. The fraction of sp³-hybridized carbons (Fsp3) is 0.538. The first-order chi connectivity index (χ1) is 8.40. The van der Waals surface area contributed by atoms with Gasteiger partial charge >= 0.3 is 0 Å². The maximum Gasteiger partial charge on any atom is 0.254 e. The van der Waals surface area contributed by atoms with Crippen molar-refractivity contribution in [2.45, 2.75) is 19.4 Å². The molecule has 1 aliphatic rings. The van der Waals surface area contributed by atoms with E-state index < -0.39 is 5.95 Å². The van der Waals surface area contributed by atoms with Crippen LogP contribution in [0.4, 0.5) is 4.39 Å². The Morgan fingerprint density at radius 3 is 2.78 bits per heavy atom. The summed E-state index contributed by atoms with van der Waals surface area (Å²) in [5.74, 6) is -0.744. The summed E-state index contributed by atoms with van der Waals surface area (Å²) >= 11 is 0. The first kappa shape index (κ1) is 13.0. The van der Waals surface area contributed by atoms with Crippen LogP contribution in [0.5, 0.6) is 0 Å². The summed E-state index contributed by atoms with van der Waals surface area (Å²) in [6.45, 7) is 6.33. The van der Waals surface area contributed by atoms with Crippen molar-refractivity contribution >= 4 is 5.91 Å². The molecule has 1 aromatic rings. The quantitative estimate of drug-likeness (QED) is 0.708. The van der Waals surface area contributed by atoms with Crippen LogP contribution < -0.4 is 0 Å². The van der Waals surface area contributed by atoms with E-state index in [9.17, 15) is 9.18 Å². The Morgan fingerprint density at radius 2 is 2.17 bits per heavy atom. The minimum Gasteiger partial charge on any atom is -0.336 e. The lowest BCUT2D eigenvalue weighted by Crippen LogP contribution is -2.58. The molecule has 0 atom stereocenters. The minimum atomic E-state index is -0.616. The summed E-state index contributed by atoms with van der Waals surface area (Å²) in [5, 5.41) is 0.